The molecule has 0 fully saturated rings. The first-order valence-electron chi connectivity index (χ1n) is 7.37. The Hall–Kier alpha value is -1.74. The molecule has 2 aromatic rings. The van der Waals surface area contributed by atoms with Crippen LogP contribution in [0, 0.1) is 18.6 Å². The smallest absolute Gasteiger partial charge is 0.128 e. The molecule has 1 nitrogen and oxygen atoms in total. The van der Waals surface area contributed by atoms with E-state index in [0.29, 0.717) is 5.56 Å². The van der Waals surface area contributed by atoms with Crippen LogP contribution in [-0.2, 0) is 6.42 Å². The number of hydrogen-bond acceptors (Lipinski definition) is 1. The van der Waals surface area contributed by atoms with E-state index in [4.69, 9.17) is 5.73 Å². The highest BCUT2D eigenvalue weighted by Crippen LogP contribution is 2.39. The summed E-state index contributed by atoms with van der Waals surface area (Å²) < 4.78 is 27.9. The van der Waals surface area contributed by atoms with Gasteiger partial charge in [-0.1, -0.05) is 24.3 Å². The van der Waals surface area contributed by atoms with Crippen molar-refractivity contribution in [3.05, 3.63) is 70.3 Å². The molecule has 0 aromatic heterocycles. The zero-order valence-electron chi connectivity index (χ0n) is 12.1. The molecular formula is C18H19F2N. The molecule has 2 unspecified atom stereocenters. The Morgan fingerprint density at radius 2 is 1.90 bits per heavy atom. The minimum absolute atomic E-state index is 0.0477. The molecule has 0 spiro atoms. The molecule has 0 amide bonds. The summed E-state index contributed by atoms with van der Waals surface area (Å²) in [5, 5.41) is 0. The highest BCUT2D eigenvalue weighted by atomic mass is 19.1. The lowest BCUT2D eigenvalue weighted by atomic mass is 9.77. The Labute approximate surface area is 123 Å². The minimum Gasteiger partial charge on any atom is -0.323 e. The van der Waals surface area contributed by atoms with Crippen molar-refractivity contribution < 1.29 is 8.78 Å². The molecule has 0 aliphatic heterocycles. The average Bonchev–Trinajstić information content (AvgIpc) is 2.49. The molecule has 1 aliphatic rings. The van der Waals surface area contributed by atoms with E-state index in [0.717, 1.165) is 19.3 Å². The van der Waals surface area contributed by atoms with Crippen molar-refractivity contribution in [2.45, 2.75) is 38.1 Å². The average molecular weight is 287 g/mol. The molecular weight excluding hydrogens is 268 g/mol. The van der Waals surface area contributed by atoms with Crippen LogP contribution in [0.3, 0.4) is 0 Å². The van der Waals surface area contributed by atoms with Gasteiger partial charge in [0.1, 0.15) is 11.6 Å². The van der Waals surface area contributed by atoms with E-state index in [1.165, 1.54) is 23.3 Å². The summed E-state index contributed by atoms with van der Waals surface area (Å²) >= 11 is 0. The summed E-state index contributed by atoms with van der Waals surface area (Å²) in [5.41, 5.74) is 9.34. The van der Waals surface area contributed by atoms with Gasteiger partial charge in [-0.25, -0.2) is 8.78 Å². The molecule has 2 N–H and O–H groups in total. The number of fused-ring (bicyclic) bond motifs is 1. The van der Waals surface area contributed by atoms with Crippen LogP contribution < -0.4 is 5.73 Å². The molecule has 0 heterocycles. The summed E-state index contributed by atoms with van der Waals surface area (Å²) in [7, 11) is 0. The van der Waals surface area contributed by atoms with Gasteiger partial charge in [-0.15, -0.1) is 0 Å². The van der Waals surface area contributed by atoms with Gasteiger partial charge in [-0.05, 0) is 55.0 Å². The molecule has 2 aromatic carbocycles. The molecule has 1 aliphatic carbocycles. The topological polar surface area (TPSA) is 26.0 Å². The van der Waals surface area contributed by atoms with E-state index < -0.39 is 17.7 Å². The van der Waals surface area contributed by atoms with Crippen LogP contribution in [0.15, 0.2) is 36.4 Å². The third-order valence-corrected chi connectivity index (χ3v) is 4.49. The van der Waals surface area contributed by atoms with Crippen molar-refractivity contribution >= 4 is 0 Å². The van der Waals surface area contributed by atoms with Crippen molar-refractivity contribution in [3.8, 4) is 0 Å². The minimum atomic E-state index is -0.512. The van der Waals surface area contributed by atoms with Crippen LogP contribution in [0.5, 0.6) is 0 Å². The molecule has 0 bridgehead atoms. The number of aryl methyl sites for hydroxylation is 2. The van der Waals surface area contributed by atoms with Gasteiger partial charge in [0.25, 0.3) is 0 Å². The van der Waals surface area contributed by atoms with E-state index in [1.54, 1.807) is 6.92 Å². The molecule has 0 saturated carbocycles. The predicted octanol–water partition coefficient (Wildman–Crippen LogP) is 4.39. The molecule has 21 heavy (non-hydrogen) atoms. The maximum Gasteiger partial charge on any atom is 0.128 e. The summed E-state index contributed by atoms with van der Waals surface area (Å²) in [6.07, 6.45) is 2.97. The van der Waals surface area contributed by atoms with Gasteiger partial charge >= 0.3 is 0 Å². The quantitative estimate of drug-likeness (QED) is 0.870. The highest BCUT2D eigenvalue weighted by molar-refractivity contribution is 5.37. The number of benzene rings is 2. The zero-order valence-corrected chi connectivity index (χ0v) is 12.1. The predicted molar refractivity (Wildman–Crippen MR) is 80.1 cm³/mol. The lowest BCUT2D eigenvalue weighted by Crippen LogP contribution is -2.24. The van der Waals surface area contributed by atoms with Crippen molar-refractivity contribution in [2.24, 2.45) is 5.73 Å². The SMILES string of the molecule is Cc1cc(F)c(C(N)C2CCCc3ccccc32)cc1F. The molecule has 3 heteroatoms. The standard InChI is InChI=1S/C18H19F2N/c1-11-9-17(20)15(10-16(11)19)18(21)14-8-4-6-12-5-2-3-7-13(12)14/h2-3,5,7,9-10,14,18H,4,6,8,21H2,1H3. The highest BCUT2D eigenvalue weighted by Gasteiger charge is 2.28. The maximum absolute atomic E-state index is 14.2. The van der Waals surface area contributed by atoms with Crippen molar-refractivity contribution in [1.29, 1.82) is 0 Å². The Morgan fingerprint density at radius 1 is 1.14 bits per heavy atom. The van der Waals surface area contributed by atoms with Crippen LogP contribution in [0.25, 0.3) is 0 Å². The lowest BCUT2D eigenvalue weighted by Gasteiger charge is -2.30. The second-order valence-corrected chi connectivity index (χ2v) is 5.85. The maximum atomic E-state index is 14.2. The van der Waals surface area contributed by atoms with Crippen molar-refractivity contribution in [2.75, 3.05) is 0 Å². The van der Waals surface area contributed by atoms with E-state index in [1.807, 2.05) is 12.1 Å². The second-order valence-electron chi connectivity index (χ2n) is 5.85. The Bertz CT molecular complexity index is 666. The van der Waals surface area contributed by atoms with Gasteiger partial charge in [0, 0.05) is 17.5 Å². The monoisotopic (exact) mass is 287 g/mol. The van der Waals surface area contributed by atoms with Gasteiger partial charge < -0.3 is 5.73 Å². The first-order valence-corrected chi connectivity index (χ1v) is 7.37. The number of nitrogens with two attached hydrogens (primary N) is 1. The molecule has 0 radical (unpaired) electrons. The van der Waals surface area contributed by atoms with E-state index >= 15 is 0 Å². The Kier molecular flexibility index (Phi) is 3.77. The summed E-state index contributed by atoms with van der Waals surface area (Å²) in [6, 6.07) is 10.1. The van der Waals surface area contributed by atoms with E-state index in [-0.39, 0.29) is 11.5 Å². The molecule has 110 valence electrons. The third kappa shape index (κ3) is 2.58. The largest absolute Gasteiger partial charge is 0.323 e. The first kappa shape index (κ1) is 14.2. The van der Waals surface area contributed by atoms with Crippen LogP contribution in [0.4, 0.5) is 8.78 Å². The number of halogens is 2. The molecule has 3 rings (SSSR count). The van der Waals surface area contributed by atoms with Gasteiger partial charge in [-0.2, -0.15) is 0 Å². The first-order chi connectivity index (χ1) is 10.1. The van der Waals surface area contributed by atoms with Crippen molar-refractivity contribution in [3.63, 3.8) is 0 Å². The number of hydrogen-bond donors (Lipinski definition) is 1. The Balaban J connectivity index is 2.00. The zero-order chi connectivity index (χ0) is 15.0. The second kappa shape index (κ2) is 5.57. The molecule has 0 saturated heterocycles. The van der Waals surface area contributed by atoms with Gasteiger partial charge in [0.05, 0.1) is 0 Å². The van der Waals surface area contributed by atoms with Crippen LogP contribution in [-0.4, -0.2) is 0 Å². The van der Waals surface area contributed by atoms with E-state index in [9.17, 15) is 8.78 Å². The third-order valence-electron chi connectivity index (χ3n) is 4.49. The lowest BCUT2D eigenvalue weighted by molar-refractivity contribution is 0.454. The van der Waals surface area contributed by atoms with Gasteiger partial charge in [0.15, 0.2) is 0 Å². The van der Waals surface area contributed by atoms with Crippen LogP contribution in [0.1, 0.15) is 47.1 Å². The van der Waals surface area contributed by atoms with Crippen LogP contribution in [0.2, 0.25) is 0 Å². The van der Waals surface area contributed by atoms with Gasteiger partial charge in [0.2, 0.25) is 0 Å². The molecule has 2 atom stereocenters. The summed E-state index contributed by atoms with van der Waals surface area (Å²) in [5.74, 6) is -0.762. The fraction of sp³-hybridized carbons (Fsp3) is 0.333. The fourth-order valence-electron chi connectivity index (χ4n) is 3.30. The fourth-order valence-corrected chi connectivity index (χ4v) is 3.30. The van der Waals surface area contributed by atoms with Crippen LogP contribution >= 0.6 is 0 Å². The van der Waals surface area contributed by atoms with E-state index in [2.05, 4.69) is 12.1 Å². The van der Waals surface area contributed by atoms with Crippen molar-refractivity contribution in [1.82, 2.24) is 0 Å². The van der Waals surface area contributed by atoms with Gasteiger partial charge in [-0.3, -0.25) is 0 Å². The number of rotatable bonds is 2. The normalized spacial score (nSPS) is 19.1. The summed E-state index contributed by atoms with van der Waals surface area (Å²) in [4.78, 5) is 0. The summed E-state index contributed by atoms with van der Waals surface area (Å²) in [6.45, 7) is 1.56. The Morgan fingerprint density at radius 3 is 2.71 bits per heavy atom.